The lowest BCUT2D eigenvalue weighted by Gasteiger charge is -2.20. The van der Waals surface area contributed by atoms with E-state index in [1.807, 2.05) is 13.8 Å². The molecular formula is C42H58N8O6S2. The number of hydrogen-bond acceptors (Lipinski definition) is 10. The zero-order valence-corrected chi connectivity index (χ0v) is 36.1. The van der Waals surface area contributed by atoms with Crippen LogP contribution >= 0.6 is 23.5 Å². The molecule has 0 saturated heterocycles. The van der Waals surface area contributed by atoms with E-state index in [0.717, 1.165) is 78.0 Å². The summed E-state index contributed by atoms with van der Waals surface area (Å²) in [5, 5.41) is 33.7. The summed E-state index contributed by atoms with van der Waals surface area (Å²) < 4.78 is 0. The maximum absolute atomic E-state index is 12.3. The van der Waals surface area contributed by atoms with Gasteiger partial charge in [-0.3, -0.25) is 19.2 Å². The average molecular weight is 835 g/mol. The molecule has 2 amide bonds. The number of fused-ring (bicyclic) bond motifs is 8. The number of H-pyrrole nitrogens is 2. The number of nitrogens with two attached hydrogens (primary N) is 2. The Morgan fingerprint density at radius 3 is 1.86 bits per heavy atom. The summed E-state index contributed by atoms with van der Waals surface area (Å²) in [5.74, 6) is -1.39. The number of aliphatic carboxylic acids is 2. The molecule has 6 unspecified atom stereocenters. The minimum atomic E-state index is -0.895. The van der Waals surface area contributed by atoms with Crippen LogP contribution in [0.15, 0.2) is 33.7 Å². The Hall–Kier alpha value is -4.64. The standard InChI is InChI=1S/C42H58N8O6S2/c1-19-25(9-11-37(51)52)33-16-34-26(10-12-38(53)54)20(2)30(48-34)14-35-40(24(6)58-18-28(44)42(56)46-8)22(4)32(50-35)15-36-39(21(3)31(49-36)13-29(19)47-33)23(5)57-17-27(43)41(55)45-7/h13-16,23-24,27-28,33,35,47-50H,9-12,17-18,43-44H2,1-8H3,(H,45,55)(H,46,56)(H,51,52)(H,53,54). The Kier molecular flexibility index (Phi) is 14.5. The molecule has 12 N–H and O–H groups in total. The van der Waals surface area contributed by atoms with Gasteiger partial charge >= 0.3 is 11.9 Å². The van der Waals surface area contributed by atoms with Crippen LogP contribution in [0.3, 0.4) is 0 Å². The summed E-state index contributed by atoms with van der Waals surface area (Å²) in [7, 11) is 3.15. The molecule has 2 aromatic heterocycles. The van der Waals surface area contributed by atoms with Gasteiger partial charge in [-0.1, -0.05) is 0 Å². The summed E-state index contributed by atoms with van der Waals surface area (Å²) in [4.78, 5) is 55.6. The van der Waals surface area contributed by atoms with Gasteiger partial charge in [0, 0.05) is 82.4 Å². The third kappa shape index (κ3) is 9.79. The van der Waals surface area contributed by atoms with Crippen LogP contribution in [0.4, 0.5) is 0 Å². The van der Waals surface area contributed by atoms with Crippen molar-refractivity contribution in [1.82, 2.24) is 31.2 Å². The normalized spacial score (nSPS) is 19.5. The fourth-order valence-corrected chi connectivity index (χ4v) is 10.3. The van der Waals surface area contributed by atoms with Crippen molar-refractivity contribution in [3.05, 3.63) is 78.0 Å². The minimum absolute atomic E-state index is 0.0387. The Bertz CT molecular complexity index is 2220. The second kappa shape index (κ2) is 19.0. The number of aromatic nitrogens is 2. The Balaban J connectivity index is 1.75. The molecule has 6 atom stereocenters. The fraction of sp³-hybridized carbons (Fsp3) is 0.476. The third-order valence-corrected chi connectivity index (χ3v) is 14.0. The first kappa shape index (κ1) is 44.5. The van der Waals surface area contributed by atoms with Crippen LogP contribution in [0.2, 0.25) is 0 Å². The van der Waals surface area contributed by atoms with E-state index < -0.39 is 24.0 Å². The molecule has 0 spiro atoms. The van der Waals surface area contributed by atoms with Crippen molar-refractivity contribution in [3.8, 4) is 0 Å². The van der Waals surface area contributed by atoms with Gasteiger partial charge in [-0.05, 0) is 123 Å². The zero-order chi connectivity index (χ0) is 42.6. The van der Waals surface area contributed by atoms with Gasteiger partial charge in [-0.15, -0.1) is 0 Å². The second-order valence-electron chi connectivity index (χ2n) is 15.2. The van der Waals surface area contributed by atoms with Gasteiger partial charge in [0.25, 0.3) is 0 Å². The van der Waals surface area contributed by atoms with Gasteiger partial charge in [0.2, 0.25) is 11.8 Å². The highest BCUT2D eigenvalue weighted by molar-refractivity contribution is 8.00. The van der Waals surface area contributed by atoms with Crippen molar-refractivity contribution >= 4 is 71.6 Å². The van der Waals surface area contributed by atoms with Crippen molar-refractivity contribution in [2.24, 2.45) is 11.5 Å². The molecule has 0 aromatic carbocycles. The van der Waals surface area contributed by atoms with Crippen LogP contribution < -0.4 is 43.4 Å². The van der Waals surface area contributed by atoms with E-state index in [1.54, 1.807) is 37.6 Å². The maximum Gasteiger partial charge on any atom is 0.303 e. The zero-order valence-electron chi connectivity index (χ0n) is 34.5. The SMILES string of the molecule is CNC(=O)C(N)CSC(C)C1=C(C)C2=Cc3[nH]c(c(C)c3C(C)SCC(N)C(=O)NC)C=C3NC(C=c4[nH]c(c(C)c4CCC(=O)O)=CC1N2)C(CCC(=O)O)=C3C. The molecule has 0 saturated carbocycles. The van der Waals surface area contributed by atoms with Gasteiger partial charge in [-0.2, -0.15) is 23.5 Å². The third-order valence-electron chi connectivity index (χ3n) is 11.4. The molecule has 314 valence electrons. The quantitative estimate of drug-likeness (QED) is 0.117. The van der Waals surface area contributed by atoms with E-state index in [4.69, 9.17) is 11.5 Å². The van der Waals surface area contributed by atoms with Gasteiger partial charge < -0.3 is 52.9 Å². The molecule has 3 aliphatic rings. The van der Waals surface area contributed by atoms with Gasteiger partial charge in [-0.25, -0.2) is 0 Å². The number of rotatable bonds is 16. The number of thioether (sulfide) groups is 2. The number of carboxylic acid groups (broad SMARTS) is 2. The van der Waals surface area contributed by atoms with Crippen LogP contribution in [0.25, 0.3) is 24.3 Å². The Morgan fingerprint density at radius 1 is 0.724 bits per heavy atom. The predicted molar refractivity (Wildman–Crippen MR) is 234 cm³/mol. The summed E-state index contributed by atoms with van der Waals surface area (Å²) in [6, 6.07) is -1.96. The smallest absolute Gasteiger partial charge is 0.303 e. The lowest BCUT2D eigenvalue weighted by atomic mass is 9.98. The summed E-state index contributed by atoms with van der Waals surface area (Å²) >= 11 is 3.21. The molecule has 0 aliphatic carbocycles. The monoisotopic (exact) mass is 834 g/mol. The second-order valence-corrected chi connectivity index (χ2v) is 17.9. The van der Waals surface area contributed by atoms with Gasteiger partial charge in [0.05, 0.1) is 24.2 Å². The van der Waals surface area contributed by atoms with Crippen molar-refractivity contribution in [1.29, 1.82) is 0 Å². The van der Waals surface area contributed by atoms with E-state index in [2.05, 4.69) is 83.2 Å². The van der Waals surface area contributed by atoms with Crippen LogP contribution in [0, 0.1) is 13.8 Å². The van der Waals surface area contributed by atoms with E-state index in [9.17, 15) is 29.4 Å². The molecule has 16 heteroatoms. The first-order chi connectivity index (χ1) is 27.4. The topological polar surface area (TPSA) is 240 Å². The molecule has 3 aliphatic heterocycles. The molecule has 5 heterocycles. The highest BCUT2D eigenvalue weighted by atomic mass is 32.2. The number of likely N-dealkylation sites (N-methyl/N-ethyl adjacent to an activating group) is 2. The largest absolute Gasteiger partial charge is 0.481 e. The number of amides is 2. The number of hydrogen-bond donors (Lipinski definition) is 10. The summed E-state index contributed by atoms with van der Waals surface area (Å²) in [6.45, 7) is 12.4. The number of carboxylic acids is 2. The van der Waals surface area contributed by atoms with E-state index in [-0.39, 0.29) is 47.2 Å². The van der Waals surface area contributed by atoms with Crippen molar-refractivity contribution in [2.75, 3.05) is 25.6 Å². The lowest BCUT2D eigenvalue weighted by Crippen LogP contribution is -2.41. The van der Waals surface area contributed by atoms with Gasteiger partial charge in [0.15, 0.2) is 0 Å². The fourth-order valence-electron chi connectivity index (χ4n) is 8.02. The highest BCUT2D eigenvalue weighted by Crippen LogP contribution is 2.40. The first-order valence-corrected chi connectivity index (χ1v) is 21.7. The van der Waals surface area contributed by atoms with Crippen LogP contribution in [0.1, 0.15) is 85.8 Å². The highest BCUT2D eigenvalue weighted by Gasteiger charge is 2.32. The van der Waals surface area contributed by atoms with Crippen LogP contribution in [0.5, 0.6) is 0 Å². The Morgan fingerprint density at radius 2 is 1.26 bits per heavy atom. The number of nitrogens with one attached hydrogen (secondary N) is 6. The van der Waals surface area contributed by atoms with Crippen LogP contribution in [-0.4, -0.2) is 99.0 Å². The summed E-state index contributed by atoms with van der Waals surface area (Å²) in [6.07, 6.45) is 8.95. The Labute approximate surface area is 348 Å². The molecule has 0 radical (unpaired) electrons. The summed E-state index contributed by atoms with van der Waals surface area (Å²) in [5.41, 5.74) is 24.0. The first-order valence-electron chi connectivity index (χ1n) is 19.6. The van der Waals surface area contributed by atoms with Crippen molar-refractivity contribution in [3.63, 3.8) is 0 Å². The lowest BCUT2D eigenvalue weighted by molar-refractivity contribution is -0.138. The predicted octanol–water partition coefficient (Wildman–Crippen LogP) is 2.44. The molecule has 8 bridgehead atoms. The molecule has 5 rings (SSSR count). The maximum atomic E-state index is 12.3. The van der Waals surface area contributed by atoms with Crippen molar-refractivity contribution in [2.45, 2.75) is 102 Å². The molecule has 58 heavy (non-hydrogen) atoms. The van der Waals surface area contributed by atoms with Gasteiger partial charge in [0.1, 0.15) is 0 Å². The van der Waals surface area contributed by atoms with E-state index >= 15 is 0 Å². The van der Waals surface area contributed by atoms with Crippen molar-refractivity contribution < 1.29 is 29.4 Å². The molecular weight excluding hydrogens is 777 g/mol. The van der Waals surface area contributed by atoms with Crippen LogP contribution in [-0.2, 0) is 25.6 Å². The molecule has 2 aromatic rings. The molecule has 0 fully saturated rings. The number of allylic oxidation sites excluding steroid dienone is 2. The van der Waals surface area contributed by atoms with E-state index in [1.165, 1.54) is 0 Å². The molecule has 14 nitrogen and oxygen atoms in total. The number of carbonyl (C=O) groups is 4. The number of carbonyl (C=O) groups excluding carboxylic acids is 2. The number of aromatic amines is 2. The minimum Gasteiger partial charge on any atom is -0.481 e. The van der Waals surface area contributed by atoms with E-state index in [0.29, 0.717) is 24.3 Å². The average Bonchev–Trinajstić information content (AvgIpc) is 3.85.